The number of aromatic nitrogens is 1. The molecule has 1 aromatic heterocycles. The summed E-state index contributed by atoms with van der Waals surface area (Å²) in [4.78, 5) is 19.5. The van der Waals surface area contributed by atoms with E-state index in [9.17, 15) is 13.2 Å². The van der Waals surface area contributed by atoms with Gasteiger partial charge in [0.25, 0.3) is 0 Å². The van der Waals surface area contributed by atoms with Crippen molar-refractivity contribution >= 4 is 32.3 Å². The highest BCUT2D eigenvalue weighted by molar-refractivity contribution is 7.92. The number of sulfonamides is 1. The average Bonchev–Trinajstić information content (AvgIpc) is 3.01. The first-order valence-electron chi connectivity index (χ1n) is 8.25. The van der Waals surface area contributed by atoms with Crippen LogP contribution in [-0.2, 0) is 29.5 Å². The molecule has 9 heteroatoms. The number of nitrogens with two attached hydrogens (primary N) is 1. The second kappa shape index (κ2) is 7.43. The van der Waals surface area contributed by atoms with Gasteiger partial charge in [-0.25, -0.2) is 17.7 Å². The summed E-state index contributed by atoms with van der Waals surface area (Å²) >= 11 is 1.43. The number of thiazole rings is 1. The molecule has 0 amide bonds. The number of hydrogen-bond donors (Lipinski definition) is 1. The van der Waals surface area contributed by atoms with Gasteiger partial charge in [0, 0.05) is 30.0 Å². The highest BCUT2D eigenvalue weighted by Crippen LogP contribution is 2.32. The lowest BCUT2D eigenvalue weighted by molar-refractivity contribution is 0.100. The van der Waals surface area contributed by atoms with Crippen molar-refractivity contribution in [1.29, 1.82) is 0 Å². The first kappa shape index (κ1) is 19.0. The molecule has 0 saturated carbocycles. The number of anilines is 1. The van der Waals surface area contributed by atoms with Gasteiger partial charge in [-0.3, -0.25) is 4.79 Å². The van der Waals surface area contributed by atoms with E-state index in [0.717, 1.165) is 35.6 Å². The zero-order chi connectivity index (χ0) is 18.9. The third kappa shape index (κ3) is 4.12. The molecule has 0 spiro atoms. The number of likely N-dealkylation sites (N-methyl/N-ethyl adjacent to an activating group) is 1. The Morgan fingerprint density at radius 2 is 2.04 bits per heavy atom. The Morgan fingerprint density at radius 1 is 1.35 bits per heavy atom. The number of fused-ring (bicyclic) bond motifs is 1. The van der Waals surface area contributed by atoms with Crippen LogP contribution in [0.5, 0.6) is 0 Å². The van der Waals surface area contributed by atoms with Gasteiger partial charge in [-0.1, -0.05) is 35.6 Å². The predicted octanol–water partition coefficient (Wildman–Crippen LogP) is 1.24. The number of carbonyl (C=O) groups excluding carboxylic acids is 1. The Balaban J connectivity index is 1.87. The van der Waals surface area contributed by atoms with Crippen LogP contribution < -0.4 is 10.0 Å². The van der Waals surface area contributed by atoms with Crippen LogP contribution in [0.2, 0.25) is 0 Å². The molecule has 0 atom stereocenters. The second-order valence-corrected chi connectivity index (χ2v) is 9.42. The molecule has 1 aliphatic heterocycles. The SMILES string of the molecule is CN1CCc2nc(N(Cc3ccc(C(=O)CN)cc3)S(C)(=O)=O)sc2C1. The molecule has 2 N–H and O–H groups in total. The minimum atomic E-state index is -3.48. The molecule has 26 heavy (non-hydrogen) atoms. The summed E-state index contributed by atoms with van der Waals surface area (Å²) in [5.41, 5.74) is 7.66. The maximum absolute atomic E-state index is 12.3. The first-order valence-corrected chi connectivity index (χ1v) is 10.9. The van der Waals surface area contributed by atoms with E-state index in [1.165, 1.54) is 21.9 Å². The molecular weight excluding hydrogens is 372 g/mol. The topological polar surface area (TPSA) is 96.6 Å². The summed E-state index contributed by atoms with van der Waals surface area (Å²) in [5.74, 6) is -0.145. The summed E-state index contributed by atoms with van der Waals surface area (Å²) < 4.78 is 26.0. The van der Waals surface area contributed by atoms with Crippen molar-refractivity contribution in [2.24, 2.45) is 5.73 Å². The molecule has 3 rings (SSSR count). The highest BCUT2D eigenvalue weighted by Gasteiger charge is 2.25. The average molecular weight is 395 g/mol. The number of rotatable bonds is 6. The van der Waals surface area contributed by atoms with Gasteiger partial charge in [0.1, 0.15) is 0 Å². The summed E-state index contributed by atoms with van der Waals surface area (Å²) in [5, 5.41) is 0.495. The minimum absolute atomic E-state index is 0.0477. The lowest BCUT2D eigenvalue weighted by atomic mass is 10.1. The maximum Gasteiger partial charge on any atom is 0.234 e. The van der Waals surface area contributed by atoms with Crippen LogP contribution in [0, 0.1) is 0 Å². The van der Waals surface area contributed by atoms with E-state index < -0.39 is 10.0 Å². The van der Waals surface area contributed by atoms with Crippen molar-refractivity contribution in [3.05, 3.63) is 46.0 Å². The third-order valence-electron chi connectivity index (χ3n) is 4.31. The van der Waals surface area contributed by atoms with Crippen LogP contribution >= 0.6 is 11.3 Å². The van der Waals surface area contributed by atoms with Crippen molar-refractivity contribution in [1.82, 2.24) is 9.88 Å². The van der Waals surface area contributed by atoms with E-state index in [4.69, 9.17) is 5.73 Å². The van der Waals surface area contributed by atoms with Gasteiger partial charge < -0.3 is 10.6 Å². The normalized spacial score (nSPS) is 14.9. The Morgan fingerprint density at radius 3 is 2.65 bits per heavy atom. The Labute approximate surface area is 157 Å². The molecule has 1 aliphatic rings. The van der Waals surface area contributed by atoms with Gasteiger partial charge in [0.05, 0.1) is 25.0 Å². The van der Waals surface area contributed by atoms with Crippen molar-refractivity contribution in [3.8, 4) is 0 Å². The number of ketones is 1. The van der Waals surface area contributed by atoms with E-state index >= 15 is 0 Å². The number of benzene rings is 1. The molecule has 1 aromatic carbocycles. The van der Waals surface area contributed by atoms with Gasteiger partial charge in [-0.15, -0.1) is 0 Å². The largest absolute Gasteiger partial charge is 0.324 e. The maximum atomic E-state index is 12.3. The standard InChI is InChI=1S/C17H22N4O3S2/c1-20-8-7-14-16(11-20)25-17(19-14)21(26(2,23)24)10-12-3-5-13(6-4-12)15(22)9-18/h3-6H,7-11,18H2,1-2H3. The fourth-order valence-electron chi connectivity index (χ4n) is 2.82. The summed E-state index contributed by atoms with van der Waals surface area (Å²) in [7, 11) is -1.44. The fourth-order valence-corrected chi connectivity index (χ4v) is 5.14. The molecule has 7 nitrogen and oxygen atoms in total. The smallest absolute Gasteiger partial charge is 0.234 e. The molecule has 0 saturated heterocycles. The monoisotopic (exact) mass is 394 g/mol. The predicted molar refractivity (Wildman–Crippen MR) is 103 cm³/mol. The van der Waals surface area contributed by atoms with Crippen LogP contribution in [0.4, 0.5) is 5.13 Å². The number of Topliss-reactive ketones (excluding diaryl/α,β-unsaturated/α-hetero) is 1. The van der Waals surface area contributed by atoms with Crippen molar-refractivity contribution < 1.29 is 13.2 Å². The van der Waals surface area contributed by atoms with Gasteiger partial charge in [0.15, 0.2) is 10.9 Å². The van der Waals surface area contributed by atoms with Gasteiger partial charge in [-0.05, 0) is 12.6 Å². The molecular formula is C17H22N4O3S2. The number of hydrogen-bond acceptors (Lipinski definition) is 7. The van der Waals surface area contributed by atoms with Crippen molar-refractivity contribution in [2.45, 2.75) is 19.5 Å². The number of carbonyl (C=O) groups is 1. The summed E-state index contributed by atoms with van der Waals surface area (Å²) in [6, 6.07) is 6.85. The molecule has 2 aromatic rings. The van der Waals surface area contributed by atoms with E-state index in [1.807, 2.05) is 7.05 Å². The zero-order valence-corrected chi connectivity index (χ0v) is 16.4. The van der Waals surface area contributed by atoms with Crippen LogP contribution in [0.25, 0.3) is 0 Å². The fraction of sp³-hybridized carbons (Fsp3) is 0.412. The van der Waals surface area contributed by atoms with Crippen LogP contribution in [-0.4, -0.2) is 50.5 Å². The molecule has 2 heterocycles. The zero-order valence-electron chi connectivity index (χ0n) is 14.8. The van der Waals surface area contributed by atoms with E-state index in [0.29, 0.717) is 10.7 Å². The lowest BCUT2D eigenvalue weighted by Gasteiger charge is -2.20. The number of nitrogens with zero attached hydrogens (tertiary/aromatic N) is 3. The van der Waals surface area contributed by atoms with Crippen molar-refractivity contribution in [2.75, 3.05) is 30.7 Å². The van der Waals surface area contributed by atoms with Gasteiger partial charge in [0.2, 0.25) is 10.0 Å². The minimum Gasteiger partial charge on any atom is -0.324 e. The lowest BCUT2D eigenvalue weighted by Crippen LogP contribution is -2.29. The van der Waals surface area contributed by atoms with Gasteiger partial charge in [-0.2, -0.15) is 0 Å². The Hall–Kier alpha value is -1.81. The molecule has 0 bridgehead atoms. The third-order valence-corrected chi connectivity index (χ3v) is 6.64. The van der Waals surface area contributed by atoms with Crippen molar-refractivity contribution in [3.63, 3.8) is 0 Å². The van der Waals surface area contributed by atoms with Crippen LogP contribution in [0.3, 0.4) is 0 Å². The van der Waals surface area contributed by atoms with Crippen LogP contribution in [0.1, 0.15) is 26.5 Å². The molecule has 140 valence electrons. The highest BCUT2D eigenvalue weighted by atomic mass is 32.2. The molecule has 0 aliphatic carbocycles. The second-order valence-electron chi connectivity index (χ2n) is 6.45. The molecule has 0 fully saturated rings. The summed E-state index contributed by atoms with van der Waals surface area (Å²) in [6.07, 6.45) is 2.02. The Kier molecular flexibility index (Phi) is 5.42. The van der Waals surface area contributed by atoms with E-state index in [2.05, 4.69) is 9.88 Å². The Bertz CT molecular complexity index is 907. The molecule has 0 radical (unpaired) electrons. The van der Waals surface area contributed by atoms with E-state index in [-0.39, 0.29) is 18.9 Å². The van der Waals surface area contributed by atoms with E-state index in [1.54, 1.807) is 24.3 Å². The first-order chi connectivity index (χ1) is 12.3. The quantitative estimate of drug-likeness (QED) is 0.741. The summed E-state index contributed by atoms with van der Waals surface area (Å²) in [6.45, 7) is 1.85. The molecule has 0 unspecified atom stereocenters. The van der Waals surface area contributed by atoms with Gasteiger partial charge >= 0.3 is 0 Å². The van der Waals surface area contributed by atoms with Crippen LogP contribution in [0.15, 0.2) is 24.3 Å².